The van der Waals surface area contributed by atoms with Gasteiger partial charge in [-0.15, -0.1) is 0 Å². The topological polar surface area (TPSA) is 119 Å². The first-order valence-electron chi connectivity index (χ1n) is 14.1. The van der Waals surface area contributed by atoms with E-state index in [4.69, 9.17) is 0 Å². The first kappa shape index (κ1) is 27.6. The number of piperidine rings is 1. The van der Waals surface area contributed by atoms with Gasteiger partial charge in [0.25, 0.3) is 11.6 Å². The standard InChI is InChI=1S/C29H36N6O5/c36-19-2-1-6-28(37)30-34-21-26-25(29(34)38)4-3-5-27(26)33-13-11-22(12-14-33)20-31-15-17-32(18-16-31)23-7-9-24(10-8-23)35(39)40/h3-5,7-10,19,22H,1-2,6,11-18,20-21H2,(H,30,37). The Morgan fingerprint density at radius 1 is 1.00 bits per heavy atom. The maximum Gasteiger partial charge on any atom is 0.273 e. The Bertz CT molecular complexity index is 1240. The maximum atomic E-state index is 12.9. The van der Waals surface area contributed by atoms with Crippen LogP contribution in [-0.4, -0.2) is 78.7 Å². The van der Waals surface area contributed by atoms with Gasteiger partial charge in [0, 0.05) is 93.3 Å². The average molecular weight is 549 g/mol. The number of carbonyl (C=O) groups excluding carboxylic acids is 3. The van der Waals surface area contributed by atoms with Gasteiger partial charge < -0.3 is 14.6 Å². The Kier molecular flexibility index (Phi) is 8.59. The molecule has 0 spiro atoms. The molecule has 2 aromatic carbocycles. The van der Waals surface area contributed by atoms with E-state index in [1.807, 2.05) is 24.3 Å². The van der Waals surface area contributed by atoms with Crippen molar-refractivity contribution in [2.75, 3.05) is 55.6 Å². The Morgan fingerprint density at radius 3 is 2.40 bits per heavy atom. The molecule has 0 aromatic heterocycles. The molecular weight excluding hydrogens is 512 g/mol. The summed E-state index contributed by atoms with van der Waals surface area (Å²) >= 11 is 0. The number of nitro benzene ring substituents is 1. The molecule has 5 rings (SSSR count). The van der Waals surface area contributed by atoms with Crippen LogP contribution in [0.15, 0.2) is 42.5 Å². The minimum atomic E-state index is -0.368. The zero-order valence-corrected chi connectivity index (χ0v) is 22.7. The van der Waals surface area contributed by atoms with E-state index in [0.717, 1.165) is 81.9 Å². The summed E-state index contributed by atoms with van der Waals surface area (Å²) in [5, 5.41) is 12.3. The van der Waals surface area contributed by atoms with Crippen molar-refractivity contribution in [3.8, 4) is 0 Å². The fraction of sp³-hybridized carbons (Fsp3) is 0.483. The Hall–Kier alpha value is -3.99. The summed E-state index contributed by atoms with van der Waals surface area (Å²) in [5.74, 6) is 0.171. The van der Waals surface area contributed by atoms with Crippen LogP contribution in [-0.2, 0) is 16.1 Å². The molecule has 212 valence electrons. The van der Waals surface area contributed by atoms with Gasteiger partial charge in [-0.05, 0) is 49.4 Å². The molecule has 1 N–H and O–H groups in total. The molecule has 0 radical (unpaired) electrons. The number of nitrogens with one attached hydrogen (secondary N) is 1. The Balaban J connectivity index is 1.10. The van der Waals surface area contributed by atoms with Gasteiger partial charge in [-0.1, -0.05) is 6.07 Å². The monoisotopic (exact) mass is 548 g/mol. The highest BCUT2D eigenvalue weighted by molar-refractivity contribution is 6.01. The predicted molar refractivity (Wildman–Crippen MR) is 151 cm³/mol. The van der Waals surface area contributed by atoms with E-state index in [0.29, 0.717) is 30.9 Å². The number of anilines is 2. The Labute approximate surface area is 233 Å². The van der Waals surface area contributed by atoms with Crippen LogP contribution in [0.1, 0.15) is 48.0 Å². The molecule has 2 fully saturated rings. The van der Waals surface area contributed by atoms with Crippen LogP contribution >= 0.6 is 0 Å². The molecule has 3 heterocycles. The van der Waals surface area contributed by atoms with E-state index in [1.165, 1.54) is 5.01 Å². The van der Waals surface area contributed by atoms with Gasteiger partial charge in [0.15, 0.2) is 0 Å². The lowest BCUT2D eigenvalue weighted by atomic mass is 9.94. The third-order valence-electron chi connectivity index (χ3n) is 8.20. The van der Waals surface area contributed by atoms with Gasteiger partial charge >= 0.3 is 0 Å². The van der Waals surface area contributed by atoms with Crippen molar-refractivity contribution in [2.24, 2.45) is 5.92 Å². The molecule has 0 aliphatic carbocycles. The fourth-order valence-corrected chi connectivity index (χ4v) is 5.95. The van der Waals surface area contributed by atoms with E-state index in [9.17, 15) is 24.5 Å². The number of benzene rings is 2. The number of hydrogen-bond acceptors (Lipinski definition) is 8. The summed E-state index contributed by atoms with van der Waals surface area (Å²) in [6, 6.07) is 12.6. The van der Waals surface area contributed by atoms with Crippen LogP contribution in [0.5, 0.6) is 0 Å². The van der Waals surface area contributed by atoms with E-state index in [-0.39, 0.29) is 28.8 Å². The largest absolute Gasteiger partial charge is 0.371 e. The molecule has 2 saturated heterocycles. The minimum Gasteiger partial charge on any atom is -0.371 e. The second-order valence-electron chi connectivity index (χ2n) is 10.8. The molecule has 11 heteroatoms. The van der Waals surface area contributed by atoms with E-state index < -0.39 is 0 Å². The summed E-state index contributed by atoms with van der Waals surface area (Å²) in [6.45, 7) is 7.03. The quantitative estimate of drug-likeness (QED) is 0.208. The van der Waals surface area contributed by atoms with Crippen molar-refractivity contribution in [3.05, 3.63) is 63.7 Å². The molecule has 3 aliphatic heterocycles. The minimum absolute atomic E-state index is 0.118. The number of hydrazine groups is 1. The van der Waals surface area contributed by atoms with Gasteiger partial charge in [-0.2, -0.15) is 0 Å². The molecule has 2 aromatic rings. The van der Waals surface area contributed by atoms with Crippen LogP contribution in [0, 0.1) is 16.0 Å². The van der Waals surface area contributed by atoms with Crippen LogP contribution in [0.25, 0.3) is 0 Å². The van der Waals surface area contributed by atoms with Crippen LogP contribution in [0.4, 0.5) is 17.1 Å². The number of aldehydes is 1. The summed E-state index contributed by atoms with van der Waals surface area (Å²) in [5.41, 5.74) is 6.53. The first-order valence-corrected chi connectivity index (χ1v) is 14.1. The van der Waals surface area contributed by atoms with Crippen molar-refractivity contribution < 1.29 is 19.3 Å². The lowest BCUT2D eigenvalue weighted by molar-refractivity contribution is -0.384. The van der Waals surface area contributed by atoms with E-state index >= 15 is 0 Å². The van der Waals surface area contributed by atoms with Gasteiger partial charge in [-0.3, -0.25) is 30.0 Å². The molecule has 0 atom stereocenters. The number of hydrogen-bond donors (Lipinski definition) is 1. The average Bonchev–Trinajstić information content (AvgIpc) is 3.29. The number of amides is 2. The highest BCUT2D eigenvalue weighted by Gasteiger charge is 2.33. The van der Waals surface area contributed by atoms with Crippen LogP contribution in [0.3, 0.4) is 0 Å². The second kappa shape index (κ2) is 12.5. The highest BCUT2D eigenvalue weighted by Crippen LogP contribution is 2.33. The number of piperazine rings is 1. The number of nitro groups is 1. The first-order chi connectivity index (χ1) is 19.4. The van der Waals surface area contributed by atoms with Gasteiger partial charge in [-0.25, -0.2) is 5.01 Å². The molecule has 40 heavy (non-hydrogen) atoms. The third kappa shape index (κ3) is 6.25. The van der Waals surface area contributed by atoms with E-state index in [2.05, 4.69) is 26.2 Å². The molecule has 2 amide bonds. The van der Waals surface area contributed by atoms with Crippen molar-refractivity contribution in [1.29, 1.82) is 0 Å². The lowest BCUT2D eigenvalue weighted by Crippen LogP contribution is -2.49. The number of nitrogens with zero attached hydrogens (tertiary/aromatic N) is 5. The summed E-state index contributed by atoms with van der Waals surface area (Å²) in [4.78, 5) is 53.4. The molecular formula is C29H36N6O5. The number of rotatable bonds is 10. The number of carbonyl (C=O) groups is 3. The molecule has 0 bridgehead atoms. The van der Waals surface area contributed by atoms with Crippen LogP contribution < -0.4 is 15.2 Å². The van der Waals surface area contributed by atoms with Gasteiger partial charge in [0.05, 0.1) is 11.5 Å². The summed E-state index contributed by atoms with van der Waals surface area (Å²) < 4.78 is 0. The molecule has 11 nitrogen and oxygen atoms in total. The molecule has 0 unspecified atom stereocenters. The zero-order valence-electron chi connectivity index (χ0n) is 22.7. The number of non-ortho nitro benzene ring substituents is 1. The normalized spacial score (nSPS) is 18.1. The predicted octanol–water partition coefficient (Wildman–Crippen LogP) is 2.99. The zero-order chi connectivity index (χ0) is 28.1. The maximum absolute atomic E-state index is 12.9. The highest BCUT2D eigenvalue weighted by atomic mass is 16.6. The number of fused-ring (bicyclic) bond motifs is 1. The molecule has 0 saturated carbocycles. The van der Waals surface area contributed by atoms with Crippen molar-refractivity contribution in [3.63, 3.8) is 0 Å². The van der Waals surface area contributed by atoms with Crippen LogP contribution in [0.2, 0.25) is 0 Å². The van der Waals surface area contributed by atoms with E-state index in [1.54, 1.807) is 12.1 Å². The summed E-state index contributed by atoms with van der Waals surface area (Å²) in [6.07, 6.45) is 3.98. The summed E-state index contributed by atoms with van der Waals surface area (Å²) in [7, 11) is 0. The Morgan fingerprint density at radius 2 is 1.73 bits per heavy atom. The SMILES string of the molecule is O=CCCCC(=O)NN1Cc2c(cccc2N2CCC(CN3CCN(c4ccc([N+](=O)[O-])cc4)CC3)CC2)C1=O. The third-order valence-corrected chi connectivity index (χ3v) is 8.20. The number of unbranched alkanes of at least 4 members (excludes halogenated alkanes) is 1. The van der Waals surface area contributed by atoms with Crippen molar-refractivity contribution in [2.45, 2.75) is 38.6 Å². The molecule has 3 aliphatic rings. The van der Waals surface area contributed by atoms with Gasteiger partial charge in [0.2, 0.25) is 5.91 Å². The smallest absolute Gasteiger partial charge is 0.273 e. The second-order valence-corrected chi connectivity index (χ2v) is 10.8. The lowest BCUT2D eigenvalue weighted by Gasteiger charge is -2.40. The van der Waals surface area contributed by atoms with Crippen molar-refractivity contribution >= 4 is 35.2 Å². The van der Waals surface area contributed by atoms with Crippen molar-refractivity contribution in [1.82, 2.24) is 15.3 Å². The fourth-order valence-electron chi connectivity index (χ4n) is 5.95. The van der Waals surface area contributed by atoms with Gasteiger partial charge in [0.1, 0.15) is 6.29 Å².